The minimum Gasteiger partial charge on any atom is -0.340 e. The van der Waals surface area contributed by atoms with E-state index in [2.05, 4.69) is 27.9 Å². The lowest BCUT2D eigenvalue weighted by Gasteiger charge is -2.13. The minimum atomic E-state index is -0.248. The van der Waals surface area contributed by atoms with E-state index in [9.17, 15) is 9.59 Å². The van der Waals surface area contributed by atoms with Crippen LogP contribution in [0.4, 0.5) is 0 Å². The van der Waals surface area contributed by atoms with Crippen LogP contribution in [0.5, 0.6) is 0 Å². The fourth-order valence-corrected chi connectivity index (χ4v) is 6.08. The minimum absolute atomic E-state index is 0.171. The average molecular weight is 478 g/mol. The first-order chi connectivity index (χ1) is 15.9. The number of fused-ring (bicyclic) bond motifs is 6. The van der Waals surface area contributed by atoms with E-state index in [1.54, 1.807) is 12.3 Å². The lowest BCUT2D eigenvalue weighted by molar-refractivity contribution is -0.140. The summed E-state index contributed by atoms with van der Waals surface area (Å²) in [7, 11) is 0. The molecule has 1 saturated carbocycles. The van der Waals surface area contributed by atoms with E-state index >= 15 is 0 Å². The second-order valence-electron chi connectivity index (χ2n) is 9.08. The summed E-state index contributed by atoms with van der Waals surface area (Å²) in [6, 6.07) is 13.7. The van der Waals surface area contributed by atoms with E-state index in [-0.39, 0.29) is 35.5 Å². The quantitative estimate of drug-likeness (QED) is 0.285. The van der Waals surface area contributed by atoms with Gasteiger partial charge < -0.3 is 4.57 Å². The number of hydrazone groups is 1. The molecule has 1 aliphatic heterocycles. The van der Waals surface area contributed by atoms with Crippen molar-refractivity contribution in [1.82, 2.24) is 9.58 Å². The molecule has 1 saturated heterocycles. The number of carbonyl (C=O) groups is 2. The van der Waals surface area contributed by atoms with Gasteiger partial charge in [-0.05, 0) is 48.9 Å². The maximum absolute atomic E-state index is 13.0. The first-order valence-electron chi connectivity index (χ1n) is 11.1. The van der Waals surface area contributed by atoms with Gasteiger partial charge in [0.1, 0.15) is 0 Å². The summed E-state index contributed by atoms with van der Waals surface area (Å²) in [5.74, 6) is -0.493. The lowest BCUT2D eigenvalue weighted by atomic mass is 9.85. The molecule has 6 rings (SSSR count). The van der Waals surface area contributed by atoms with Crippen molar-refractivity contribution < 1.29 is 9.59 Å². The largest absolute Gasteiger partial charge is 0.340 e. The molecule has 5 nitrogen and oxygen atoms in total. The van der Waals surface area contributed by atoms with Crippen LogP contribution < -0.4 is 0 Å². The number of rotatable bonds is 4. The van der Waals surface area contributed by atoms with Gasteiger partial charge in [-0.25, -0.2) is 0 Å². The van der Waals surface area contributed by atoms with E-state index in [1.807, 2.05) is 37.3 Å². The first kappa shape index (κ1) is 20.7. The summed E-state index contributed by atoms with van der Waals surface area (Å²) in [5.41, 5.74) is 3.95. The number of hydrogen-bond donors (Lipinski definition) is 0. The van der Waals surface area contributed by atoms with Gasteiger partial charge in [0.15, 0.2) is 0 Å². The normalized spacial score (nSPS) is 25.8. The van der Waals surface area contributed by atoms with Crippen molar-refractivity contribution >= 4 is 52.1 Å². The monoisotopic (exact) mass is 477 g/mol. The van der Waals surface area contributed by atoms with Crippen molar-refractivity contribution in [2.24, 2.45) is 28.8 Å². The molecule has 2 heterocycles. The smallest absolute Gasteiger partial charge is 0.254 e. The Bertz CT molecular complexity index is 1360. The molecule has 2 aliphatic carbocycles. The molecule has 2 aromatic carbocycles. The van der Waals surface area contributed by atoms with Gasteiger partial charge >= 0.3 is 0 Å². The molecule has 2 bridgehead atoms. The number of imide groups is 1. The summed E-state index contributed by atoms with van der Waals surface area (Å²) in [4.78, 5) is 26.0. The van der Waals surface area contributed by atoms with Gasteiger partial charge in [-0.15, -0.1) is 0 Å². The van der Waals surface area contributed by atoms with Crippen LogP contribution in [0.25, 0.3) is 10.9 Å². The van der Waals surface area contributed by atoms with Crippen LogP contribution in [-0.4, -0.2) is 27.6 Å². The Hall–Kier alpha value is -2.89. The van der Waals surface area contributed by atoms with Crippen molar-refractivity contribution in [3.05, 3.63) is 81.5 Å². The fourth-order valence-electron chi connectivity index (χ4n) is 5.76. The number of allylic oxidation sites excluding steroid dienone is 2. The number of para-hydroxylation sites is 1. The van der Waals surface area contributed by atoms with Gasteiger partial charge in [-0.1, -0.05) is 59.6 Å². The molecule has 166 valence electrons. The Morgan fingerprint density at radius 1 is 1.00 bits per heavy atom. The Balaban J connectivity index is 1.36. The van der Waals surface area contributed by atoms with Gasteiger partial charge in [-0.3, -0.25) is 9.59 Å². The Morgan fingerprint density at radius 3 is 2.39 bits per heavy atom. The molecule has 4 atom stereocenters. The van der Waals surface area contributed by atoms with E-state index in [0.29, 0.717) is 16.6 Å². The average Bonchev–Trinajstić information content (AvgIpc) is 3.54. The zero-order valence-electron chi connectivity index (χ0n) is 17.9. The Morgan fingerprint density at radius 2 is 1.70 bits per heavy atom. The molecular formula is C26H21Cl2N3O2. The van der Waals surface area contributed by atoms with Crippen molar-refractivity contribution in [1.29, 1.82) is 0 Å². The molecule has 0 N–H and O–H groups in total. The highest BCUT2D eigenvalue weighted by atomic mass is 35.5. The number of halogens is 2. The first-order valence-corrected chi connectivity index (χ1v) is 11.8. The predicted molar refractivity (Wildman–Crippen MR) is 129 cm³/mol. The van der Waals surface area contributed by atoms with E-state index < -0.39 is 0 Å². The van der Waals surface area contributed by atoms with Gasteiger partial charge in [0, 0.05) is 28.7 Å². The molecule has 3 aromatic rings. The summed E-state index contributed by atoms with van der Waals surface area (Å²) in [5, 5.41) is 7.58. The van der Waals surface area contributed by atoms with Crippen LogP contribution in [0.15, 0.2) is 59.7 Å². The zero-order valence-corrected chi connectivity index (χ0v) is 19.4. The summed E-state index contributed by atoms with van der Waals surface area (Å²) in [6.07, 6.45) is 6.75. The van der Waals surface area contributed by atoms with Crippen LogP contribution in [-0.2, 0) is 16.1 Å². The van der Waals surface area contributed by atoms with Gasteiger partial charge in [0.05, 0.1) is 28.1 Å². The molecule has 0 unspecified atom stereocenters. The van der Waals surface area contributed by atoms with E-state index in [1.165, 1.54) is 0 Å². The standard InChI is InChI=1S/C26H21Cl2N3O2/c1-14-19(12-29-31-25(32)23-16-7-8-17(11-16)24(23)26(31)33)18-4-2-3-5-22(18)30(14)13-15-6-9-20(27)21(28)10-15/h2-10,12,16-17,23-24H,11,13H2,1H3/b29-12-/t16-,17-,23+,24+/m0/s1. The maximum Gasteiger partial charge on any atom is 0.254 e. The number of amides is 2. The maximum atomic E-state index is 13.0. The lowest BCUT2D eigenvalue weighted by Crippen LogP contribution is -2.28. The number of hydrogen-bond acceptors (Lipinski definition) is 3. The molecule has 0 spiro atoms. The summed E-state index contributed by atoms with van der Waals surface area (Å²) in [6.45, 7) is 2.63. The molecule has 0 radical (unpaired) electrons. The van der Waals surface area contributed by atoms with Crippen molar-refractivity contribution in [2.45, 2.75) is 19.9 Å². The number of aromatic nitrogens is 1. The SMILES string of the molecule is Cc1c(/C=N\N2C(=O)[C@H]3[C@H](C2=O)[C@H]2C=C[C@H]3C2)c2ccccc2n1Cc1ccc(Cl)c(Cl)c1. The molecule has 3 aliphatic rings. The second kappa shape index (κ2) is 7.57. The third-order valence-electron chi connectivity index (χ3n) is 7.35. The highest BCUT2D eigenvalue weighted by molar-refractivity contribution is 6.42. The van der Waals surface area contributed by atoms with Crippen LogP contribution in [0.2, 0.25) is 10.0 Å². The zero-order chi connectivity index (χ0) is 22.9. The number of carbonyl (C=O) groups excluding carboxylic acids is 2. The third-order valence-corrected chi connectivity index (χ3v) is 8.09. The van der Waals surface area contributed by atoms with Gasteiger partial charge in [0.2, 0.25) is 0 Å². The van der Waals surface area contributed by atoms with Crippen LogP contribution in [0, 0.1) is 30.6 Å². The van der Waals surface area contributed by atoms with E-state index in [4.69, 9.17) is 23.2 Å². The van der Waals surface area contributed by atoms with Gasteiger partial charge in [0.25, 0.3) is 11.8 Å². The van der Waals surface area contributed by atoms with Crippen molar-refractivity contribution in [3.8, 4) is 0 Å². The van der Waals surface area contributed by atoms with Crippen molar-refractivity contribution in [3.63, 3.8) is 0 Å². The number of benzene rings is 2. The van der Waals surface area contributed by atoms with E-state index in [0.717, 1.165) is 39.2 Å². The highest BCUT2D eigenvalue weighted by Gasteiger charge is 2.59. The fraction of sp³-hybridized carbons (Fsp3) is 0.269. The van der Waals surface area contributed by atoms with Crippen LogP contribution in [0.3, 0.4) is 0 Å². The molecular weight excluding hydrogens is 457 g/mol. The third kappa shape index (κ3) is 3.10. The van der Waals surface area contributed by atoms with Crippen molar-refractivity contribution in [2.75, 3.05) is 0 Å². The Kier molecular flexibility index (Phi) is 4.75. The summed E-state index contributed by atoms with van der Waals surface area (Å²) >= 11 is 12.3. The molecule has 2 fully saturated rings. The Labute approximate surface area is 201 Å². The molecule has 2 amide bonds. The molecule has 1 aromatic heterocycles. The second-order valence-corrected chi connectivity index (χ2v) is 9.90. The predicted octanol–water partition coefficient (Wildman–Crippen LogP) is 5.45. The van der Waals surface area contributed by atoms with Crippen LogP contribution >= 0.6 is 23.2 Å². The topological polar surface area (TPSA) is 54.7 Å². The number of nitrogens with zero attached hydrogens (tertiary/aromatic N) is 3. The molecule has 33 heavy (non-hydrogen) atoms. The van der Waals surface area contributed by atoms with Crippen LogP contribution in [0.1, 0.15) is 23.2 Å². The molecule has 7 heteroatoms. The highest BCUT2D eigenvalue weighted by Crippen LogP contribution is 2.52. The summed E-state index contributed by atoms with van der Waals surface area (Å²) < 4.78 is 2.18. The van der Waals surface area contributed by atoms with Gasteiger partial charge in [-0.2, -0.15) is 10.1 Å².